The summed E-state index contributed by atoms with van der Waals surface area (Å²) >= 11 is 0. The van der Waals surface area contributed by atoms with E-state index >= 15 is 0 Å². The van der Waals surface area contributed by atoms with Crippen LogP contribution in [-0.4, -0.2) is 44.3 Å². The average Bonchev–Trinajstić information content (AvgIpc) is 3.10. The van der Waals surface area contributed by atoms with Gasteiger partial charge < -0.3 is 14.2 Å². The summed E-state index contributed by atoms with van der Waals surface area (Å²) < 4.78 is 58.4. The Morgan fingerprint density at radius 3 is 2.17 bits per heavy atom. The summed E-state index contributed by atoms with van der Waals surface area (Å²) in [5.74, 6) is -3.03. The Balaban J connectivity index is 2.31. The number of halogens is 3. The molecular formula is C21H22F3NO5. The summed E-state index contributed by atoms with van der Waals surface area (Å²) in [6, 6.07) is 6.34. The van der Waals surface area contributed by atoms with Crippen LogP contribution in [0.5, 0.6) is 0 Å². The number of methoxy groups -OCH3 is 2. The summed E-state index contributed by atoms with van der Waals surface area (Å²) in [7, 11) is 1.95. The lowest BCUT2D eigenvalue weighted by molar-refractivity contribution is -0.241. The largest absolute Gasteiger partial charge is 0.466 e. The quantitative estimate of drug-likeness (QED) is 0.685. The molecule has 2 aliphatic rings. The molecule has 0 radical (unpaired) electrons. The number of alkyl halides is 3. The van der Waals surface area contributed by atoms with Gasteiger partial charge in [-0.1, -0.05) is 49.6 Å². The van der Waals surface area contributed by atoms with Gasteiger partial charge in [-0.2, -0.15) is 13.2 Å². The number of rotatable bonds is 4. The van der Waals surface area contributed by atoms with Crippen molar-refractivity contribution in [3.63, 3.8) is 0 Å². The number of carbonyl (C=O) groups is 2. The van der Waals surface area contributed by atoms with E-state index in [4.69, 9.17) is 4.74 Å². The van der Waals surface area contributed by atoms with E-state index in [0.29, 0.717) is 12.8 Å². The Morgan fingerprint density at radius 1 is 1.03 bits per heavy atom. The maximum absolute atomic E-state index is 14.6. The van der Waals surface area contributed by atoms with E-state index in [2.05, 4.69) is 14.5 Å². The SMILES string of the molecule is COC(=O)C1=C(C(=O)OC)C(c2ccccc2)(C(F)(F)F)OC1=NC1CCCCC1. The van der Waals surface area contributed by atoms with Crippen LogP contribution in [0, 0.1) is 0 Å². The highest BCUT2D eigenvalue weighted by molar-refractivity contribution is 6.23. The average molecular weight is 425 g/mol. The second-order valence-corrected chi connectivity index (χ2v) is 7.11. The molecule has 1 fully saturated rings. The fourth-order valence-corrected chi connectivity index (χ4v) is 3.88. The van der Waals surface area contributed by atoms with Crippen LogP contribution < -0.4 is 0 Å². The molecule has 6 nitrogen and oxygen atoms in total. The maximum atomic E-state index is 14.6. The van der Waals surface area contributed by atoms with E-state index in [1.807, 2.05) is 0 Å². The molecular weight excluding hydrogens is 403 g/mol. The molecule has 0 spiro atoms. The Labute approximate surface area is 171 Å². The van der Waals surface area contributed by atoms with Crippen LogP contribution in [0.1, 0.15) is 37.7 Å². The number of carbonyl (C=O) groups excluding carboxylic acids is 2. The molecule has 1 aromatic rings. The molecule has 0 amide bonds. The molecule has 1 saturated carbocycles. The molecule has 9 heteroatoms. The van der Waals surface area contributed by atoms with Crippen LogP contribution >= 0.6 is 0 Å². The molecule has 0 N–H and O–H groups in total. The van der Waals surface area contributed by atoms with Crippen molar-refractivity contribution in [1.82, 2.24) is 0 Å². The van der Waals surface area contributed by atoms with Crippen molar-refractivity contribution in [2.24, 2.45) is 4.99 Å². The van der Waals surface area contributed by atoms with Crippen molar-refractivity contribution < 1.29 is 37.0 Å². The lowest BCUT2D eigenvalue weighted by Crippen LogP contribution is -2.46. The van der Waals surface area contributed by atoms with Gasteiger partial charge in [-0.15, -0.1) is 0 Å². The van der Waals surface area contributed by atoms with E-state index in [0.717, 1.165) is 33.5 Å². The minimum Gasteiger partial charge on any atom is -0.466 e. The van der Waals surface area contributed by atoms with Crippen molar-refractivity contribution in [3.05, 3.63) is 47.0 Å². The van der Waals surface area contributed by atoms with Crippen molar-refractivity contribution in [3.8, 4) is 0 Å². The first-order chi connectivity index (χ1) is 14.3. The Bertz CT molecular complexity index is 872. The smallest absolute Gasteiger partial charge is 0.437 e. The topological polar surface area (TPSA) is 74.2 Å². The monoisotopic (exact) mass is 425 g/mol. The summed E-state index contributed by atoms with van der Waals surface area (Å²) in [6.45, 7) is 0. The van der Waals surface area contributed by atoms with Crippen LogP contribution in [-0.2, 0) is 29.4 Å². The van der Waals surface area contributed by atoms with E-state index in [1.54, 1.807) is 0 Å². The Morgan fingerprint density at radius 2 is 1.63 bits per heavy atom. The van der Waals surface area contributed by atoms with Gasteiger partial charge in [-0.25, -0.2) is 14.6 Å². The second kappa shape index (κ2) is 8.49. The third-order valence-electron chi connectivity index (χ3n) is 5.30. The molecule has 1 atom stereocenters. The number of hydrogen-bond donors (Lipinski definition) is 0. The normalized spacial score (nSPS) is 24.0. The number of benzene rings is 1. The van der Waals surface area contributed by atoms with Gasteiger partial charge >= 0.3 is 18.1 Å². The predicted molar refractivity (Wildman–Crippen MR) is 101 cm³/mol. The van der Waals surface area contributed by atoms with Gasteiger partial charge in [-0.3, -0.25) is 0 Å². The Hall–Kier alpha value is -2.84. The fraction of sp³-hybridized carbons (Fsp3) is 0.476. The summed E-state index contributed by atoms with van der Waals surface area (Å²) in [5, 5.41) is 0. The second-order valence-electron chi connectivity index (χ2n) is 7.11. The van der Waals surface area contributed by atoms with Crippen molar-refractivity contribution in [2.75, 3.05) is 14.2 Å². The van der Waals surface area contributed by atoms with Crippen molar-refractivity contribution in [2.45, 2.75) is 49.9 Å². The maximum Gasteiger partial charge on any atom is 0.437 e. The van der Waals surface area contributed by atoms with Gasteiger partial charge in [0, 0.05) is 5.56 Å². The zero-order chi connectivity index (χ0) is 21.9. The summed E-state index contributed by atoms with van der Waals surface area (Å²) in [4.78, 5) is 29.4. The van der Waals surface area contributed by atoms with Gasteiger partial charge in [0.2, 0.25) is 5.90 Å². The molecule has 1 aliphatic heterocycles. The molecule has 1 aromatic carbocycles. The molecule has 0 saturated heterocycles. The number of nitrogens with zero attached hydrogens (tertiary/aromatic N) is 1. The molecule has 162 valence electrons. The zero-order valence-electron chi connectivity index (χ0n) is 16.6. The van der Waals surface area contributed by atoms with Crippen molar-refractivity contribution >= 4 is 17.8 Å². The van der Waals surface area contributed by atoms with E-state index in [9.17, 15) is 22.8 Å². The van der Waals surface area contributed by atoms with E-state index in [1.165, 1.54) is 30.3 Å². The van der Waals surface area contributed by atoms with Gasteiger partial charge in [-0.05, 0) is 12.8 Å². The third kappa shape index (κ3) is 3.68. The lowest BCUT2D eigenvalue weighted by Gasteiger charge is -2.33. The molecule has 3 rings (SSSR count). The lowest BCUT2D eigenvalue weighted by atomic mass is 9.84. The van der Waals surface area contributed by atoms with E-state index < -0.39 is 40.8 Å². The van der Waals surface area contributed by atoms with Crippen LogP contribution in [0.15, 0.2) is 46.5 Å². The zero-order valence-corrected chi connectivity index (χ0v) is 16.6. The van der Waals surface area contributed by atoms with Gasteiger partial charge in [0.1, 0.15) is 11.1 Å². The van der Waals surface area contributed by atoms with Gasteiger partial charge in [0.25, 0.3) is 5.60 Å². The number of ether oxygens (including phenoxy) is 3. The molecule has 1 aliphatic carbocycles. The molecule has 30 heavy (non-hydrogen) atoms. The minimum absolute atomic E-state index is 0.313. The molecule has 0 aromatic heterocycles. The highest BCUT2D eigenvalue weighted by Gasteiger charge is 2.69. The Kier molecular flexibility index (Phi) is 6.19. The first-order valence-electron chi connectivity index (χ1n) is 9.57. The molecule has 1 heterocycles. The minimum atomic E-state index is -5.10. The highest BCUT2D eigenvalue weighted by atomic mass is 19.4. The molecule has 1 unspecified atom stereocenters. The number of hydrogen-bond acceptors (Lipinski definition) is 6. The van der Waals surface area contributed by atoms with E-state index in [-0.39, 0.29) is 11.6 Å². The predicted octanol–water partition coefficient (Wildman–Crippen LogP) is 3.85. The van der Waals surface area contributed by atoms with Crippen LogP contribution in [0.3, 0.4) is 0 Å². The standard InChI is InChI=1S/C21H22F3NO5/c1-28-18(26)15-16(19(27)29-2)20(21(22,23)24,13-9-5-3-6-10-13)30-17(15)25-14-11-7-4-8-12-14/h3,5-6,9-10,14H,4,7-8,11-12H2,1-2H3. The summed E-state index contributed by atoms with van der Waals surface area (Å²) in [5.41, 5.74) is -5.24. The fourth-order valence-electron chi connectivity index (χ4n) is 3.88. The van der Waals surface area contributed by atoms with Gasteiger partial charge in [0.15, 0.2) is 0 Å². The summed E-state index contributed by atoms with van der Waals surface area (Å²) in [6.07, 6.45) is -1.05. The number of esters is 2. The highest BCUT2D eigenvalue weighted by Crippen LogP contribution is 2.53. The number of aliphatic imine (C=N–C) groups is 1. The van der Waals surface area contributed by atoms with Crippen LogP contribution in [0.2, 0.25) is 0 Å². The van der Waals surface area contributed by atoms with Crippen LogP contribution in [0.4, 0.5) is 13.2 Å². The molecule has 0 bridgehead atoms. The first-order valence-corrected chi connectivity index (χ1v) is 9.57. The van der Waals surface area contributed by atoms with Crippen molar-refractivity contribution in [1.29, 1.82) is 0 Å². The van der Waals surface area contributed by atoms with Crippen LogP contribution in [0.25, 0.3) is 0 Å². The first kappa shape index (κ1) is 21.9. The van der Waals surface area contributed by atoms with Gasteiger partial charge in [0.05, 0.1) is 20.3 Å². The third-order valence-corrected chi connectivity index (χ3v) is 5.30.